The molecule has 1 aliphatic rings. The van der Waals surface area contributed by atoms with Gasteiger partial charge in [0.2, 0.25) is 0 Å². The Morgan fingerprint density at radius 3 is 2.71 bits per heavy atom. The van der Waals surface area contributed by atoms with E-state index in [-0.39, 0.29) is 24.0 Å². The van der Waals surface area contributed by atoms with E-state index in [0.717, 1.165) is 25.0 Å². The van der Waals surface area contributed by atoms with Gasteiger partial charge in [0.15, 0.2) is 5.96 Å². The van der Waals surface area contributed by atoms with Crippen LogP contribution in [0.4, 0.5) is 0 Å². The number of hydrogen-bond acceptors (Lipinski definition) is 2. The standard InChI is InChI=1S/C19H32N4.HI/c1-15(2)14-23-11-7-10-18(23)13-22-19(20-4)21-12-17-9-6-5-8-16(17)3;/h5-6,8-9,15,18H,7,10-14H2,1-4H3,(H2,20,21,22);1H/t18-;/m1./s1. The van der Waals surface area contributed by atoms with Crippen molar-refractivity contribution in [3.63, 3.8) is 0 Å². The van der Waals surface area contributed by atoms with Gasteiger partial charge in [-0.1, -0.05) is 38.1 Å². The van der Waals surface area contributed by atoms with Gasteiger partial charge in [-0.25, -0.2) is 0 Å². The predicted molar refractivity (Wildman–Crippen MR) is 114 cm³/mol. The third kappa shape index (κ3) is 6.59. The molecule has 0 bridgehead atoms. The Labute approximate surface area is 164 Å². The van der Waals surface area contributed by atoms with Crippen molar-refractivity contribution in [2.75, 3.05) is 26.7 Å². The van der Waals surface area contributed by atoms with E-state index in [1.54, 1.807) is 0 Å². The largest absolute Gasteiger partial charge is 0.355 e. The fourth-order valence-corrected chi connectivity index (χ4v) is 3.26. The molecule has 0 radical (unpaired) electrons. The molecule has 0 aliphatic carbocycles. The van der Waals surface area contributed by atoms with Gasteiger partial charge in [-0.05, 0) is 43.4 Å². The fourth-order valence-electron chi connectivity index (χ4n) is 3.26. The Bertz CT molecular complexity index is 516. The number of aliphatic imine (C=N–C) groups is 1. The third-order valence-electron chi connectivity index (χ3n) is 4.54. The van der Waals surface area contributed by atoms with Crippen molar-refractivity contribution in [3.8, 4) is 0 Å². The van der Waals surface area contributed by atoms with Crippen LogP contribution in [0.5, 0.6) is 0 Å². The molecule has 1 aliphatic heterocycles. The maximum absolute atomic E-state index is 4.36. The molecule has 2 N–H and O–H groups in total. The van der Waals surface area contributed by atoms with E-state index >= 15 is 0 Å². The molecular weight excluding hydrogens is 411 g/mol. The van der Waals surface area contributed by atoms with E-state index in [4.69, 9.17) is 0 Å². The zero-order chi connectivity index (χ0) is 16.7. The van der Waals surface area contributed by atoms with E-state index < -0.39 is 0 Å². The third-order valence-corrected chi connectivity index (χ3v) is 4.54. The van der Waals surface area contributed by atoms with Crippen LogP contribution in [0, 0.1) is 12.8 Å². The number of halogens is 1. The Morgan fingerprint density at radius 1 is 1.29 bits per heavy atom. The molecule has 0 saturated carbocycles. The Balaban J connectivity index is 0.00000288. The fraction of sp³-hybridized carbons (Fsp3) is 0.632. The van der Waals surface area contributed by atoms with Crippen molar-refractivity contribution in [2.24, 2.45) is 10.9 Å². The average Bonchev–Trinajstić information content (AvgIpc) is 2.95. The summed E-state index contributed by atoms with van der Waals surface area (Å²) in [5, 5.41) is 6.93. The zero-order valence-corrected chi connectivity index (χ0v) is 17.8. The number of nitrogens with zero attached hydrogens (tertiary/aromatic N) is 2. The Hall–Kier alpha value is -0.820. The van der Waals surface area contributed by atoms with Gasteiger partial charge in [0.05, 0.1) is 0 Å². The molecule has 136 valence electrons. The minimum atomic E-state index is 0. The first-order valence-corrected chi connectivity index (χ1v) is 8.83. The number of aryl methyl sites for hydroxylation is 1. The van der Waals surface area contributed by atoms with Crippen molar-refractivity contribution >= 4 is 29.9 Å². The van der Waals surface area contributed by atoms with Crippen molar-refractivity contribution in [2.45, 2.75) is 46.2 Å². The molecule has 4 nitrogen and oxygen atoms in total. The number of guanidine groups is 1. The summed E-state index contributed by atoms with van der Waals surface area (Å²) in [6, 6.07) is 9.11. The van der Waals surface area contributed by atoms with Crippen molar-refractivity contribution < 1.29 is 0 Å². The normalized spacial score (nSPS) is 18.5. The summed E-state index contributed by atoms with van der Waals surface area (Å²) in [4.78, 5) is 6.97. The van der Waals surface area contributed by atoms with E-state index in [1.807, 2.05) is 7.05 Å². The van der Waals surface area contributed by atoms with E-state index in [0.29, 0.717) is 6.04 Å². The lowest BCUT2D eigenvalue weighted by atomic mass is 10.1. The predicted octanol–water partition coefficient (Wildman–Crippen LogP) is 3.40. The molecule has 0 aromatic heterocycles. The van der Waals surface area contributed by atoms with Crippen LogP contribution in [0.1, 0.15) is 37.8 Å². The van der Waals surface area contributed by atoms with E-state index in [9.17, 15) is 0 Å². The maximum Gasteiger partial charge on any atom is 0.191 e. The average molecular weight is 444 g/mol. The molecule has 1 saturated heterocycles. The molecule has 0 spiro atoms. The lowest BCUT2D eigenvalue weighted by Gasteiger charge is -2.27. The summed E-state index contributed by atoms with van der Waals surface area (Å²) in [5.41, 5.74) is 2.63. The van der Waals surface area contributed by atoms with Gasteiger partial charge in [0.25, 0.3) is 0 Å². The topological polar surface area (TPSA) is 39.7 Å². The molecule has 0 unspecified atom stereocenters. The molecule has 2 rings (SSSR count). The van der Waals surface area contributed by atoms with Gasteiger partial charge in [0, 0.05) is 32.7 Å². The SMILES string of the molecule is CN=C(NCc1ccccc1C)NC[C@H]1CCCN1CC(C)C.I. The smallest absolute Gasteiger partial charge is 0.191 e. The van der Waals surface area contributed by atoms with Gasteiger partial charge in [-0.2, -0.15) is 0 Å². The van der Waals surface area contributed by atoms with Crippen LogP contribution < -0.4 is 10.6 Å². The quantitative estimate of drug-likeness (QED) is 0.402. The summed E-state index contributed by atoms with van der Waals surface area (Å²) in [6.45, 7) is 11.0. The number of hydrogen-bond donors (Lipinski definition) is 2. The number of likely N-dealkylation sites (tertiary alicyclic amines) is 1. The van der Waals surface area contributed by atoms with Gasteiger partial charge in [0.1, 0.15) is 0 Å². The van der Waals surface area contributed by atoms with Crippen molar-refractivity contribution in [1.29, 1.82) is 0 Å². The molecule has 1 atom stereocenters. The van der Waals surface area contributed by atoms with E-state index in [2.05, 4.69) is 65.6 Å². The molecule has 1 aromatic carbocycles. The highest BCUT2D eigenvalue weighted by atomic mass is 127. The van der Waals surface area contributed by atoms with Crippen LogP contribution >= 0.6 is 24.0 Å². The second-order valence-electron chi connectivity index (χ2n) is 6.92. The minimum absolute atomic E-state index is 0. The van der Waals surface area contributed by atoms with Gasteiger partial charge in [-0.15, -0.1) is 24.0 Å². The summed E-state index contributed by atoms with van der Waals surface area (Å²) in [6.07, 6.45) is 2.60. The highest BCUT2D eigenvalue weighted by molar-refractivity contribution is 14.0. The minimum Gasteiger partial charge on any atom is -0.355 e. The molecule has 1 aromatic rings. The summed E-state index contributed by atoms with van der Waals surface area (Å²) >= 11 is 0. The monoisotopic (exact) mass is 444 g/mol. The van der Waals surface area contributed by atoms with Crippen LogP contribution in [-0.2, 0) is 6.54 Å². The second-order valence-corrected chi connectivity index (χ2v) is 6.92. The van der Waals surface area contributed by atoms with Gasteiger partial charge < -0.3 is 10.6 Å². The van der Waals surface area contributed by atoms with E-state index in [1.165, 1.54) is 37.1 Å². The molecule has 0 amide bonds. The van der Waals surface area contributed by atoms with Crippen LogP contribution in [0.25, 0.3) is 0 Å². The maximum atomic E-state index is 4.36. The highest BCUT2D eigenvalue weighted by Crippen LogP contribution is 2.17. The molecule has 1 heterocycles. The first kappa shape index (κ1) is 21.2. The van der Waals surface area contributed by atoms with Crippen molar-refractivity contribution in [3.05, 3.63) is 35.4 Å². The lowest BCUT2D eigenvalue weighted by molar-refractivity contribution is 0.226. The van der Waals surface area contributed by atoms with Crippen LogP contribution in [0.15, 0.2) is 29.3 Å². The molecule has 5 heteroatoms. The number of benzene rings is 1. The van der Waals surface area contributed by atoms with Crippen LogP contribution in [0.2, 0.25) is 0 Å². The van der Waals surface area contributed by atoms with Gasteiger partial charge in [-0.3, -0.25) is 9.89 Å². The highest BCUT2D eigenvalue weighted by Gasteiger charge is 2.24. The van der Waals surface area contributed by atoms with Crippen molar-refractivity contribution in [1.82, 2.24) is 15.5 Å². The van der Waals surface area contributed by atoms with Crippen LogP contribution in [0.3, 0.4) is 0 Å². The second kappa shape index (κ2) is 10.9. The van der Waals surface area contributed by atoms with Crippen LogP contribution in [-0.4, -0.2) is 43.6 Å². The first-order valence-electron chi connectivity index (χ1n) is 8.83. The van der Waals surface area contributed by atoms with Gasteiger partial charge >= 0.3 is 0 Å². The number of rotatable bonds is 6. The molecular formula is C19H33IN4. The first-order chi connectivity index (χ1) is 11.1. The summed E-state index contributed by atoms with van der Waals surface area (Å²) < 4.78 is 0. The number of nitrogens with one attached hydrogen (secondary N) is 2. The molecule has 1 fully saturated rings. The Kier molecular flexibility index (Phi) is 9.66. The summed E-state index contributed by atoms with van der Waals surface area (Å²) in [7, 11) is 1.84. The Morgan fingerprint density at radius 2 is 2.04 bits per heavy atom. The zero-order valence-electron chi connectivity index (χ0n) is 15.5. The summed E-state index contributed by atoms with van der Waals surface area (Å²) in [5.74, 6) is 1.62. The lowest BCUT2D eigenvalue weighted by Crippen LogP contribution is -2.45. The molecule has 24 heavy (non-hydrogen) atoms.